The molecule has 0 saturated heterocycles. The molecule has 0 saturated carbocycles. The zero-order valence-corrected chi connectivity index (χ0v) is 24.0. The molecular formula is C33H32N2O7. The summed E-state index contributed by atoms with van der Waals surface area (Å²) < 4.78 is 27.3. The Bertz CT molecular complexity index is 1540. The van der Waals surface area contributed by atoms with Crippen LogP contribution in [0.25, 0.3) is 11.5 Å². The van der Waals surface area contributed by atoms with E-state index in [0.29, 0.717) is 34.6 Å². The van der Waals surface area contributed by atoms with E-state index in [2.05, 4.69) is 16.8 Å². The van der Waals surface area contributed by atoms with E-state index in [1.165, 1.54) is 4.90 Å². The molecule has 1 atom stereocenters. The SMILES string of the molecule is CCOC(=O)CN(C(=O)Oc1ccc(OC)cc1)[C@H](C)c1ccc(OCC#Cc2nc(-c3ccccc3)oc2C)cc1. The quantitative estimate of drug-likeness (QED) is 0.164. The highest BCUT2D eigenvalue weighted by molar-refractivity contribution is 5.79. The number of nitrogens with zero attached hydrogens (tertiary/aromatic N) is 2. The van der Waals surface area contributed by atoms with Gasteiger partial charge in [-0.05, 0) is 80.8 Å². The molecule has 4 aromatic rings. The van der Waals surface area contributed by atoms with E-state index in [0.717, 1.165) is 11.1 Å². The van der Waals surface area contributed by atoms with Gasteiger partial charge in [0.1, 0.15) is 36.2 Å². The van der Waals surface area contributed by atoms with E-state index in [-0.39, 0.29) is 19.8 Å². The summed E-state index contributed by atoms with van der Waals surface area (Å²) in [5.41, 5.74) is 2.22. The van der Waals surface area contributed by atoms with Crippen LogP contribution in [0, 0.1) is 18.8 Å². The maximum Gasteiger partial charge on any atom is 0.416 e. The van der Waals surface area contributed by atoms with Crippen molar-refractivity contribution in [1.29, 1.82) is 0 Å². The minimum Gasteiger partial charge on any atom is -0.497 e. The van der Waals surface area contributed by atoms with Crippen LogP contribution in [0.1, 0.15) is 36.9 Å². The van der Waals surface area contributed by atoms with Crippen molar-refractivity contribution < 1.29 is 33.0 Å². The van der Waals surface area contributed by atoms with Gasteiger partial charge in [-0.25, -0.2) is 9.78 Å². The fourth-order valence-corrected chi connectivity index (χ4v) is 3.99. The van der Waals surface area contributed by atoms with Crippen LogP contribution in [0.5, 0.6) is 17.2 Å². The molecule has 9 nitrogen and oxygen atoms in total. The molecule has 3 aromatic carbocycles. The summed E-state index contributed by atoms with van der Waals surface area (Å²) in [6.45, 7) is 5.41. The predicted molar refractivity (Wildman–Crippen MR) is 156 cm³/mol. The molecule has 42 heavy (non-hydrogen) atoms. The van der Waals surface area contributed by atoms with Crippen molar-refractivity contribution >= 4 is 12.1 Å². The first-order valence-corrected chi connectivity index (χ1v) is 13.4. The minimum absolute atomic E-state index is 0.144. The summed E-state index contributed by atoms with van der Waals surface area (Å²) in [5.74, 6) is 8.14. The van der Waals surface area contributed by atoms with Crippen LogP contribution in [0.4, 0.5) is 4.79 Å². The van der Waals surface area contributed by atoms with E-state index in [1.807, 2.05) is 49.4 Å². The Morgan fingerprint density at radius 1 is 0.952 bits per heavy atom. The number of carbonyl (C=O) groups is 2. The van der Waals surface area contributed by atoms with Crippen LogP contribution in [0.15, 0.2) is 83.3 Å². The molecule has 0 radical (unpaired) electrons. The molecule has 1 aromatic heterocycles. The number of aromatic nitrogens is 1. The molecule has 216 valence electrons. The Morgan fingerprint density at radius 2 is 1.62 bits per heavy atom. The van der Waals surface area contributed by atoms with Gasteiger partial charge in [-0.1, -0.05) is 36.3 Å². The number of methoxy groups -OCH3 is 1. The molecule has 1 heterocycles. The molecule has 0 N–H and O–H groups in total. The van der Waals surface area contributed by atoms with E-state index >= 15 is 0 Å². The highest BCUT2D eigenvalue weighted by Gasteiger charge is 2.26. The summed E-state index contributed by atoms with van der Waals surface area (Å²) in [6.07, 6.45) is -0.685. The third-order valence-corrected chi connectivity index (χ3v) is 6.27. The number of amides is 1. The Kier molecular flexibility index (Phi) is 10.2. The van der Waals surface area contributed by atoms with Crippen molar-refractivity contribution in [3.8, 4) is 40.5 Å². The first-order valence-electron chi connectivity index (χ1n) is 13.4. The molecule has 4 rings (SSSR count). The van der Waals surface area contributed by atoms with Gasteiger partial charge in [-0.2, -0.15) is 0 Å². The number of hydrogen-bond acceptors (Lipinski definition) is 8. The van der Waals surface area contributed by atoms with Gasteiger partial charge in [-0.15, -0.1) is 0 Å². The molecule has 0 bridgehead atoms. The van der Waals surface area contributed by atoms with Crippen molar-refractivity contribution in [1.82, 2.24) is 9.88 Å². The third-order valence-electron chi connectivity index (χ3n) is 6.27. The number of oxazole rings is 1. The monoisotopic (exact) mass is 568 g/mol. The fourth-order valence-electron chi connectivity index (χ4n) is 3.99. The first-order chi connectivity index (χ1) is 20.4. The van der Waals surface area contributed by atoms with Gasteiger partial charge in [0.05, 0.1) is 19.8 Å². The van der Waals surface area contributed by atoms with Gasteiger partial charge in [-0.3, -0.25) is 9.69 Å². The van der Waals surface area contributed by atoms with Crippen molar-refractivity contribution in [2.45, 2.75) is 26.8 Å². The number of benzene rings is 3. The number of carbonyl (C=O) groups excluding carboxylic acids is 2. The van der Waals surface area contributed by atoms with Crippen molar-refractivity contribution in [2.75, 3.05) is 26.9 Å². The number of esters is 1. The second-order valence-electron chi connectivity index (χ2n) is 9.10. The van der Waals surface area contributed by atoms with Crippen LogP contribution in [-0.4, -0.2) is 48.8 Å². The van der Waals surface area contributed by atoms with Gasteiger partial charge < -0.3 is 23.4 Å². The number of aryl methyl sites for hydroxylation is 1. The van der Waals surface area contributed by atoms with Gasteiger partial charge in [0.15, 0.2) is 5.69 Å². The predicted octanol–water partition coefficient (Wildman–Crippen LogP) is 6.21. The summed E-state index contributed by atoms with van der Waals surface area (Å²) in [5, 5.41) is 0. The van der Waals surface area contributed by atoms with Gasteiger partial charge in [0.25, 0.3) is 0 Å². The summed E-state index contributed by atoms with van der Waals surface area (Å²) in [4.78, 5) is 31.2. The summed E-state index contributed by atoms with van der Waals surface area (Å²) >= 11 is 0. The number of hydrogen-bond donors (Lipinski definition) is 0. The van der Waals surface area contributed by atoms with Gasteiger partial charge in [0, 0.05) is 5.56 Å². The molecule has 0 aliphatic carbocycles. The Morgan fingerprint density at radius 3 is 2.29 bits per heavy atom. The maximum atomic E-state index is 13.1. The smallest absolute Gasteiger partial charge is 0.416 e. The first kappa shape index (κ1) is 29.7. The highest BCUT2D eigenvalue weighted by atomic mass is 16.6. The topological polar surface area (TPSA) is 100 Å². The van der Waals surface area contributed by atoms with E-state index in [4.69, 9.17) is 23.4 Å². The van der Waals surface area contributed by atoms with E-state index in [9.17, 15) is 9.59 Å². The molecule has 0 unspecified atom stereocenters. The van der Waals surface area contributed by atoms with Crippen molar-refractivity contribution in [2.24, 2.45) is 0 Å². The van der Waals surface area contributed by atoms with Crippen molar-refractivity contribution in [3.63, 3.8) is 0 Å². The standard InChI is InChI=1S/C33H32N2O7/c1-5-39-31(36)22-35(33(37)42-29-19-17-27(38-4)18-20-29)23(2)25-13-15-28(16-14-25)40-21-9-12-30-24(3)41-32(34-30)26-10-7-6-8-11-26/h6-8,10-11,13-20,23H,5,21-22H2,1-4H3/t23-/m1/s1. The molecule has 9 heteroatoms. The third kappa shape index (κ3) is 7.92. The second kappa shape index (κ2) is 14.4. The highest BCUT2D eigenvalue weighted by Crippen LogP contribution is 2.25. The molecule has 1 amide bonds. The lowest BCUT2D eigenvalue weighted by Crippen LogP contribution is -2.40. The number of rotatable bonds is 10. The minimum atomic E-state index is -0.685. The zero-order valence-electron chi connectivity index (χ0n) is 24.0. The average Bonchev–Trinajstić information content (AvgIpc) is 3.39. The molecular weight excluding hydrogens is 536 g/mol. The Hall–Kier alpha value is -5.23. The van der Waals surface area contributed by atoms with Crippen LogP contribution in [0.2, 0.25) is 0 Å². The summed E-state index contributed by atoms with van der Waals surface area (Å²) in [7, 11) is 1.55. The van der Waals surface area contributed by atoms with Crippen LogP contribution in [-0.2, 0) is 9.53 Å². The van der Waals surface area contributed by atoms with Crippen LogP contribution >= 0.6 is 0 Å². The molecule has 0 spiro atoms. The van der Waals surface area contributed by atoms with E-state index in [1.54, 1.807) is 57.4 Å². The maximum absolute atomic E-state index is 13.1. The van der Waals surface area contributed by atoms with Gasteiger partial charge in [0.2, 0.25) is 5.89 Å². The van der Waals surface area contributed by atoms with Crippen LogP contribution < -0.4 is 14.2 Å². The van der Waals surface area contributed by atoms with Gasteiger partial charge >= 0.3 is 12.1 Å². The number of ether oxygens (including phenoxy) is 4. The second-order valence-corrected chi connectivity index (χ2v) is 9.10. The lowest BCUT2D eigenvalue weighted by atomic mass is 10.1. The van der Waals surface area contributed by atoms with Crippen molar-refractivity contribution in [3.05, 3.63) is 95.9 Å². The normalized spacial score (nSPS) is 11.0. The summed E-state index contributed by atoms with van der Waals surface area (Å²) in [6, 6.07) is 22.9. The Balaban J connectivity index is 1.39. The van der Waals surface area contributed by atoms with E-state index < -0.39 is 18.1 Å². The largest absolute Gasteiger partial charge is 0.497 e. The molecule has 0 fully saturated rings. The van der Waals surface area contributed by atoms with Crippen LogP contribution in [0.3, 0.4) is 0 Å². The lowest BCUT2D eigenvalue weighted by molar-refractivity contribution is -0.144. The average molecular weight is 569 g/mol. The molecule has 0 aliphatic rings. The Labute approximate surface area is 245 Å². The fraction of sp³-hybridized carbons (Fsp3) is 0.242. The zero-order chi connectivity index (χ0) is 29.9. The lowest BCUT2D eigenvalue weighted by Gasteiger charge is -2.28. The molecule has 0 aliphatic heterocycles.